The van der Waals surface area contributed by atoms with Crippen LogP contribution >= 0.6 is 11.3 Å². The number of nitrogens with zero attached hydrogens (tertiary/aromatic N) is 1. The Hall–Kier alpha value is -1.60. The summed E-state index contributed by atoms with van der Waals surface area (Å²) < 4.78 is 0. The van der Waals surface area contributed by atoms with Crippen molar-refractivity contribution in [2.45, 2.75) is 13.1 Å². The number of aliphatic hydroxyl groups is 1. The number of hydrogen-bond donors (Lipinski definition) is 1. The number of benzene rings is 1. The van der Waals surface area contributed by atoms with Gasteiger partial charge < -0.3 is 5.11 Å². The minimum Gasteiger partial charge on any atom is -0.384 e. The molecule has 2 aromatic rings. The van der Waals surface area contributed by atoms with E-state index in [1.165, 1.54) is 10.4 Å². The maximum Gasteiger partial charge on any atom is 0.104 e. The van der Waals surface area contributed by atoms with Gasteiger partial charge in [-0.3, -0.25) is 4.90 Å². The predicted molar refractivity (Wildman–Crippen MR) is 79.9 cm³/mol. The Kier molecular flexibility index (Phi) is 5.17. The number of hydrogen-bond acceptors (Lipinski definition) is 3. The molecule has 1 heterocycles. The molecular weight excluding hydrogens is 254 g/mol. The van der Waals surface area contributed by atoms with Crippen molar-refractivity contribution in [1.82, 2.24) is 4.90 Å². The first-order valence-corrected chi connectivity index (χ1v) is 7.05. The zero-order valence-corrected chi connectivity index (χ0v) is 11.8. The normalized spacial score (nSPS) is 10.3. The Labute approximate surface area is 118 Å². The highest BCUT2D eigenvalue weighted by atomic mass is 32.1. The van der Waals surface area contributed by atoms with Crippen LogP contribution < -0.4 is 0 Å². The molecular formula is C16H17NOS. The van der Waals surface area contributed by atoms with Crippen molar-refractivity contribution in [3.05, 3.63) is 57.8 Å². The van der Waals surface area contributed by atoms with Gasteiger partial charge in [-0.25, -0.2) is 0 Å². The van der Waals surface area contributed by atoms with Gasteiger partial charge in [-0.1, -0.05) is 30.0 Å². The molecule has 2 nitrogen and oxygen atoms in total. The smallest absolute Gasteiger partial charge is 0.104 e. The monoisotopic (exact) mass is 271 g/mol. The Morgan fingerprint density at radius 3 is 2.58 bits per heavy atom. The number of rotatable bonds is 4. The van der Waals surface area contributed by atoms with Gasteiger partial charge in [-0.05, 0) is 36.2 Å². The molecule has 0 unspecified atom stereocenters. The van der Waals surface area contributed by atoms with E-state index in [9.17, 15) is 0 Å². The summed E-state index contributed by atoms with van der Waals surface area (Å²) in [7, 11) is 2.12. The van der Waals surface area contributed by atoms with Crippen LogP contribution in [0.25, 0.3) is 0 Å². The Balaban J connectivity index is 1.92. The summed E-state index contributed by atoms with van der Waals surface area (Å²) in [6, 6.07) is 12.4. The highest BCUT2D eigenvalue weighted by molar-refractivity contribution is 7.09. The Morgan fingerprint density at radius 2 is 1.95 bits per heavy atom. The van der Waals surface area contributed by atoms with E-state index in [0.29, 0.717) is 0 Å². The molecule has 0 saturated carbocycles. The van der Waals surface area contributed by atoms with Gasteiger partial charge in [-0.2, -0.15) is 0 Å². The van der Waals surface area contributed by atoms with Gasteiger partial charge in [0.25, 0.3) is 0 Å². The van der Waals surface area contributed by atoms with Crippen LogP contribution in [-0.2, 0) is 13.1 Å². The van der Waals surface area contributed by atoms with Crippen LogP contribution in [-0.4, -0.2) is 23.7 Å². The standard InChI is InChI=1S/C16H17NOS/c1-17(13-16-5-3-11-19-16)12-15-8-6-14(7-9-15)4-2-10-18/h3,5-9,11,18H,10,12-13H2,1H3. The van der Waals surface area contributed by atoms with Crippen LogP contribution in [0.4, 0.5) is 0 Å². The third-order valence-electron chi connectivity index (χ3n) is 2.72. The van der Waals surface area contributed by atoms with E-state index < -0.39 is 0 Å². The lowest BCUT2D eigenvalue weighted by molar-refractivity contribution is 0.322. The van der Waals surface area contributed by atoms with Gasteiger partial charge in [-0.15, -0.1) is 11.3 Å². The van der Waals surface area contributed by atoms with Crippen LogP contribution in [0.15, 0.2) is 41.8 Å². The zero-order valence-electron chi connectivity index (χ0n) is 11.0. The Bertz CT molecular complexity index is 549. The second-order valence-electron chi connectivity index (χ2n) is 4.41. The summed E-state index contributed by atoms with van der Waals surface area (Å²) in [6.45, 7) is 1.81. The maximum atomic E-state index is 8.64. The fourth-order valence-electron chi connectivity index (χ4n) is 1.87. The van der Waals surface area contributed by atoms with Gasteiger partial charge in [0.05, 0.1) is 0 Å². The first-order valence-electron chi connectivity index (χ1n) is 6.17. The molecule has 98 valence electrons. The van der Waals surface area contributed by atoms with Crippen molar-refractivity contribution in [3.63, 3.8) is 0 Å². The largest absolute Gasteiger partial charge is 0.384 e. The first-order chi connectivity index (χ1) is 9.28. The average Bonchev–Trinajstić information content (AvgIpc) is 2.90. The summed E-state index contributed by atoms with van der Waals surface area (Å²) in [5.41, 5.74) is 2.22. The quantitative estimate of drug-likeness (QED) is 0.864. The molecule has 0 radical (unpaired) electrons. The summed E-state index contributed by atoms with van der Waals surface area (Å²) in [6.07, 6.45) is 0. The molecule has 0 saturated heterocycles. The van der Waals surface area contributed by atoms with Crippen molar-refractivity contribution in [2.24, 2.45) is 0 Å². The number of thiophene rings is 1. The summed E-state index contributed by atoms with van der Waals surface area (Å²) >= 11 is 1.79. The van der Waals surface area contributed by atoms with Crippen molar-refractivity contribution in [3.8, 4) is 11.8 Å². The Morgan fingerprint density at radius 1 is 1.16 bits per heavy atom. The highest BCUT2D eigenvalue weighted by Gasteiger charge is 2.02. The van der Waals surface area contributed by atoms with E-state index in [-0.39, 0.29) is 6.61 Å². The second-order valence-corrected chi connectivity index (χ2v) is 5.44. The van der Waals surface area contributed by atoms with Crippen molar-refractivity contribution < 1.29 is 5.11 Å². The molecule has 19 heavy (non-hydrogen) atoms. The lowest BCUT2D eigenvalue weighted by Crippen LogP contribution is -2.16. The van der Waals surface area contributed by atoms with Gasteiger partial charge >= 0.3 is 0 Å². The van der Waals surface area contributed by atoms with Gasteiger partial charge in [0.15, 0.2) is 0 Å². The molecule has 1 aromatic heterocycles. The fraction of sp³-hybridized carbons (Fsp3) is 0.250. The first kappa shape index (κ1) is 13.8. The zero-order chi connectivity index (χ0) is 13.5. The SMILES string of the molecule is CN(Cc1ccc(C#CCO)cc1)Cc1cccs1. The van der Waals surface area contributed by atoms with E-state index in [1.807, 2.05) is 12.1 Å². The van der Waals surface area contributed by atoms with Crippen LogP contribution in [0.1, 0.15) is 16.0 Å². The van der Waals surface area contributed by atoms with E-state index in [2.05, 4.69) is 53.4 Å². The van der Waals surface area contributed by atoms with Crippen LogP contribution in [0.2, 0.25) is 0 Å². The summed E-state index contributed by atoms with van der Waals surface area (Å²) in [5.74, 6) is 5.55. The third-order valence-corrected chi connectivity index (χ3v) is 3.59. The fourth-order valence-corrected chi connectivity index (χ4v) is 2.66. The molecule has 0 bridgehead atoms. The van der Waals surface area contributed by atoms with Crippen molar-refractivity contribution >= 4 is 11.3 Å². The average molecular weight is 271 g/mol. The van der Waals surface area contributed by atoms with Gasteiger partial charge in [0.1, 0.15) is 6.61 Å². The van der Waals surface area contributed by atoms with Crippen LogP contribution in [0, 0.1) is 11.8 Å². The van der Waals surface area contributed by atoms with Crippen LogP contribution in [0.3, 0.4) is 0 Å². The highest BCUT2D eigenvalue weighted by Crippen LogP contribution is 2.13. The topological polar surface area (TPSA) is 23.5 Å². The molecule has 0 fully saturated rings. The van der Waals surface area contributed by atoms with E-state index in [1.54, 1.807) is 11.3 Å². The van der Waals surface area contributed by atoms with Crippen molar-refractivity contribution in [1.29, 1.82) is 0 Å². The molecule has 0 aliphatic heterocycles. The predicted octanol–water partition coefficient (Wildman–Crippen LogP) is 2.72. The molecule has 3 heteroatoms. The molecule has 0 aliphatic rings. The number of aliphatic hydroxyl groups excluding tert-OH is 1. The molecule has 0 atom stereocenters. The molecule has 2 rings (SSSR count). The summed E-state index contributed by atoms with van der Waals surface area (Å²) in [5, 5.41) is 10.8. The second kappa shape index (κ2) is 7.10. The van der Waals surface area contributed by atoms with Gasteiger partial charge in [0.2, 0.25) is 0 Å². The maximum absolute atomic E-state index is 8.64. The minimum absolute atomic E-state index is 0.0920. The third kappa shape index (κ3) is 4.53. The lowest BCUT2D eigenvalue weighted by Gasteiger charge is -2.15. The molecule has 0 spiro atoms. The van der Waals surface area contributed by atoms with E-state index >= 15 is 0 Å². The lowest BCUT2D eigenvalue weighted by atomic mass is 10.1. The van der Waals surface area contributed by atoms with Crippen LogP contribution in [0.5, 0.6) is 0 Å². The summed E-state index contributed by atoms with van der Waals surface area (Å²) in [4.78, 5) is 3.67. The molecule has 0 aliphatic carbocycles. The molecule has 1 N–H and O–H groups in total. The van der Waals surface area contributed by atoms with E-state index in [4.69, 9.17) is 5.11 Å². The van der Waals surface area contributed by atoms with Crippen molar-refractivity contribution in [2.75, 3.05) is 13.7 Å². The minimum atomic E-state index is -0.0920. The molecule has 0 amide bonds. The van der Waals surface area contributed by atoms with Gasteiger partial charge in [0, 0.05) is 23.5 Å². The molecule has 1 aromatic carbocycles. The van der Waals surface area contributed by atoms with E-state index in [0.717, 1.165) is 18.7 Å².